The second-order valence-electron chi connectivity index (χ2n) is 2.76. The fourth-order valence-corrected chi connectivity index (χ4v) is 1.29. The Kier molecular flexibility index (Phi) is 5.17. The van der Waals surface area contributed by atoms with Crippen LogP contribution in [0.1, 0.15) is 5.56 Å². The summed E-state index contributed by atoms with van der Waals surface area (Å²) in [4.78, 5) is 10.4. The molecule has 0 aliphatic heterocycles. The quantitative estimate of drug-likeness (QED) is 0.689. The second kappa shape index (κ2) is 6.41. The lowest BCUT2D eigenvalue weighted by Gasteiger charge is -2.05. The maximum absolute atomic E-state index is 10.4. The summed E-state index contributed by atoms with van der Waals surface area (Å²) >= 11 is 8.95. The Labute approximate surface area is 106 Å². The van der Waals surface area contributed by atoms with Gasteiger partial charge in [-0.1, -0.05) is 39.4 Å². The van der Waals surface area contributed by atoms with E-state index in [2.05, 4.69) is 27.8 Å². The number of ether oxygens (including phenoxy) is 1. The number of hydrogen-bond donors (Lipinski definition) is 1. The predicted octanol–water partition coefficient (Wildman–Crippen LogP) is 2.55. The topological polar surface area (TPSA) is 46.5 Å². The highest BCUT2D eigenvalue weighted by atomic mass is 79.9. The van der Waals surface area contributed by atoms with Crippen molar-refractivity contribution in [1.82, 2.24) is 0 Å². The number of alkyl halides is 1. The minimum absolute atomic E-state index is 0.378. The van der Waals surface area contributed by atoms with E-state index in [1.807, 2.05) is 0 Å². The molecule has 0 unspecified atom stereocenters. The molecule has 0 saturated carbocycles. The molecule has 0 saturated heterocycles. The Morgan fingerprint density at radius 2 is 2.31 bits per heavy atom. The first-order valence-electron chi connectivity index (χ1n) is 4.32. The molecule has 5 heteroatoms. The molecule has 0 aromatic heterocycles. The standard InChI is InChI=1S/C11H8BrClO3/c12-5-1-2-8-3-4-9(13)6-10(8)16-7-11(14)15/h3-4,6H,5,7H2,(H,14,15). The highest BCUT2D eigenvalue weighted by Gasteiger charge is 2.05. The van der Waals surface area contributed by atoms with Gasteiger partial charge < -0.3 is 9.84 Å². The van der Waals surface area contributed by atoms with Crippen LogP contribution in [0.4, 0.5) is 0 Å². The summed E-state index contributed by atoms with van der Waals surface area (Å²) in [5.41, 5.74) is 0.616. The van der Waals surface area contributed by atoms with Crippen LogP contribution < -0.4 is 4.74 Å². The van der Waals surface area contributed by atoms with Gasteiger partial charge in [-0.2, -0.15) is 0 Å². The smallest absolute Gasteiger partial charge is 0.341 e. The van der Waals surface area contributed by atoms with E-state index in [0.29, 0.717) is 21.7 Å². The molecule has 84 valence electrons. The van der Waals surface area contributed by atoms with Crippen molar-refractivity contribution in [2.45, 2.75) is 0 Å². The van der Waals surface area contributed by atoms with Gasteiger partial charge in [-0.15, -0.1) is 0 Å². The molecule has 3 nitrogen and oxygen atoms in total. The average Bonchev–Trinajstić information content (AvgIpc) is 2.25. The summed E-state index contributed by atoms with van der Waals surface area (Å²) in [6, 6.07) is 4.91. The predicted molar refractivity (Wildman–Crippen MR) is 65.3 cm³/mol. The lowest BCUT2D eigenvalue weighted by Crippen LogP contribution is -2.10. The minimum Gasteiger partial charge on any atom is -0.481 e. The third kappa shape index (κ3) is 4.13. The molecule has 0 spiro atoms. The van der Waals surface area contributed by atoms with Crippen LogP contribution >= 0.6 is 27.5 Å². The van der Waals surface area contributed by atoms with Gasteiger partial charge in [0, 0.05) is 11.1 Å². The van der Waals surface area contributed by atoms with Crippen LogP contribution in [-0.2, 0) is 4.79 Å². The Balaban J connectivity index is 2.93. The number of carboxylic acids is 1. The van der Waals surface area contributed by atoms with E-state index in [9.17, 15) is 4.79 Å². The zero-order valence-corrected chi connectivity index (χ0v) is 10.5. The van der Waals surface area contributed by atoms with Gasteiger partial charge in [-0.25, -0.2) is 4.79 Å². The van der Waals surface area contributed by atoms with Gasteiger partial charge in [-0.3, -0.25) is 0 Å². The minimum atomic E-state index is -1.04. The van der Waals surface area contributed by atoms with Gasteiger partial charge in [-0.05, 0) is 12.1 Å². The zero-order chi connectivity index (χ0) is 12.0. The molecule has 1 aromatic carbocycles. The molecule has 1 N–H and O–H groups in total. The van der Waals surface area contributed by atoms with E-state index in [4.69, 9.17) is 21.4 Å². The van der Waals surface area contributed by atoms with Crippen molar-refractivity contribution >= 4 is 33.5 Å². The summed E-state index contributed by atoms with van der Waals surface area (Å²) in [6.45, 7) is -0.413. The van der Waals surface area contributed by atoms with Crippen LogP contribution in [0.3, 0.4) is 0 Å². The van der Waals surface area contributed by atoms with Gasteiger partial charge in [0.15, 0.2) is 6.61 Å². The van der Waals surface area contributed by atoms with Crippen LogP contribution in [0.25, 0.3) is 0 Å². The molecule has 0 fully saturated rings. The molecule has 0 bridgehead atoms. The molecule has 0 aliphatic rings. The number of hydrogen-bond acceptors (Lipinski definition) is 2. The van der Waals surface area contributed by atoms with Crippen molar-refractivity contribution in [3.8, 4) is 17.6 Å². The van der Waals surface area contributed by atoms with E-state index in [0.717, 1.165) is 0 Å². The van der Waals surface area contributed by atoms with E-state index in [1.54, 1.807) is 18.2 Å². The van der Waals surface area contributed by atoms with Gasteiger partial charge in [0.1, 0.15) is 5.75 Å². The average molecular weight is 304 g/mol. The third-order valence-corrected chi connectivity index (χ3v) is 2.10. The highest BCUT2D eigenvalue weighted by Crippen LogP contribution is 2.22. The number of aliphatic carboxylic acids is 1. The van der Waals surface area contributed by atoms with Crippen molar-refractivity contribution in [2.75, 3.05) is 11.9 Å². The largest absolute Gasteiger partial charge is 0.481 e. The number of benzene rings is 1. The van der Waals surface area contributed by atoms with Crippen LogP contribution in [0.5, 0.6) is 5.75 Å². The molecule has 1 rings (SSSR count). The first-order valence-corrected chi connectivity index (χ1v) is 5.82. The molecular formula is C11H8BrClO3. The molecular weight excluding hydrogens is 295 g/mol. The molecule has 0 atom stereocenters. The summed E-state index contributed by atoms with van der Waals surface area (Å²) in [7, 11) is 0. The van der Waals surface area contributed by atoms with Crippen LogP contribution in [0, 0.1) is 11.8 Å². The maximum atomic E-state index is 10.4. The number of rotatable bonds is 3. The van der Waals surface area contributed by atoms with Gasteiger partial charge >= 0.3 is 5.97 Å². The van der Waals surface area contributed by atoms with Crippen molar-refractivity contribution in [3.05, 3.63) is 28.8 Å². The highest BCUT2D eigenvalue weighted by molar-refractivity contribution is 9.09. The van der Waals surface area contributed by atoms with Gasteiger partial charge in [0.2, 0.25) is 0 Å². The molecule has 16 heavy (non-hydrogen) atoms. The molecule has 0 aliphatic carbocycles. The SMILES string of the molecule is O=C(O)COc1cc(Cl)ccc1C#CCBr. The normalized spacial score (nSPS) is 9.12. The molecule has 0 amide bonds. The van der Waals surface area contributed by atoms with E-state index in [1.165, 1.54) is 0 Å². The Morgan fingerprint density at radius 3 is 2.94 bits per heavy atom. The van der Waals surface area contributed by atoms with Crippen molar-refractivity contribution < 1.29 is 14.6 Å². The fourth-order valence-electron chi connectivity index (χ4n) is 0.987. The van der Waals surface area contributed by atoms with Gasteiger partial charge in [0.25, 0.3) is 0 Å². The van der Waals surface area contributed by atoms with Crippen molar-refractivity contribution in [1.29, 1.82) is 0 Å². The number of carboxylic acid groups (broad SMARTS) is 1. The fraction of sp³-hybridized carbons (Fsp3) is 0.182. The Bertz CT molecular complexity index is 448. The van der Waals surface area contributed by atoms with E-state index < -0.39 is 12.6 Å². The lowest BCUT2D eigenvalue weighted by molar-refractivity contribution is -0.139. The summed E-state index contributed by atoms with van der Waals surface area (Å²) in [5.74, 6) is 4.98. The van der Waals surface area contributed by atoms with Crippen molar-refractivity contribution in [2.24, 2.45) is 0 Å². The summed E-state index contributed by atoms with van der Waals surface area (Å²) < 4.78 is 5.07. The van der Waals surface area contributed by atoms with Gasteiger partial charge in [0.05, 0.1) is 10.9 Å². The summed E-state index contributed by atoms with van der Waals surface area (Å²) in [5, 5.41) is 9.52. The third-order valence-electron chi connectivity index (χ3n) is 1.58. The monoisotopic (exact) mass is 302 g/mol. The number of halogens is 2. The van der Waals surface area contributed by atoms with Crippen LogP contribution in [-0.4, -0.2) is 23.0 Å². The van der Waals surface area contributed by atoms with E-state index >= 15 is 0 Å². The molecule has 0 heterocycles. The zero-order valence-electron chi connectivity index (χ0n) is 8.17. The van der Waals surface area contributed by atoms with Crippen molar-refractivity contribution in [3.63, 3.8) is 0 Å². The summed E-state index contributed by atoms with van der Waals surface area (Å²) in [6.07, 6.45) is 0. The Morgan fingerprint density at radius 1 is 1.56 bits per heavy atom. The maximum Gasteiger partial charge on any atom is 0.341 e. The molecule has 1 aromatic rings. The van der Waals surface area contributed by atoms with Crippen LogP contribution in [0.15, 0.2) is 18.2 Å². The first kappa shape index (κ1) is 12.9. The second-order valence-corrected chi connectivity index (χ2v) is 3.76. The first-order chi connectivity index (χ1) is 7.63. The number of carbonyl (C=O) groups is 1. The lowest BCUT2D eigenvalue weighted by atomic mass is 10.2. The molecule has 0 radical (unpaired) electrons. The Hall–Kier alpha value is -1.18. The van der Waals surface area contributed by atoms with Crippen LogP contribution in [0.2, 0.25) is 5.02 Å². The van der Waals surface area contributed by atoms with E-state index in [-0.39, 0.29) is 0 Å².